The van der Waals surface area contributed by atoms with Crippen LogP contribution in [-0.2, 0) is 16.0 Å². The van der Waals surface area contributed by atoms with E-state index in [1.807, 2.05) is 31.0 Å². The SMILES string of the molecule is CCOC(=O)C1CCCC2=C(N1)N(C)c1cccc(O)c1C2. The summed E-state index contributed by atoms with van der Waals surface area (Å²) in [5.41, 5.74) is 3.18. The number of ether oxygens (including phenoxy) is 1. The average Bonchev–Trinajstić information content (AvgIpc) is 2.72. The minimum atomic E-state index is -0.297. The number of benzene rings is 1. The van der Waals surface area contributed by atoms with E-state index in [4.69, 9.17) is 4.74 Å². The number of allylic oxidation sites excluding steroid dienone is 1. The van der Waals surface area contributed by atoms with Crippen LogP contribution in [0.5, 0.6) is 5.75 Å². The maximum absolute atomic E-state index is 12.1. The maximum atomic E-state index is 12.1. The Bertz CT molecular complexity index is 624. The topological polar surface area (TPSA) is 61.8 Å². The van der Waals surface area contributed by atoms with Crippen molar-refractivity contribution in [1.82, 2.24) is 5.32 Å². The van der Waals surface area contributed by atoms with Crippen molar-refractivity contribution in [2.45, 2.75) is 38.6 Å². The largest absolute Gasteiger partial charge is 0.508 e. The number of hydrogen-bond acceptors (Lipinski definition) is 5. The molecule has 0 radical (unpaired) electrons. The second-order valence-corrected chi connectivity index (χ2v) is 5.80. The molecule has 118 valence electrons. The van der Waals surface area contributed by atoms with Crippen LogP contribution in [0.15, 0.2) is 29.6 Å². The summed E-state index contributed by atoms with van der Waals surface area (Å²) in [6.45, 7) is 2.22. The monoisotopic (exact) mass is 302 g/mol. The Hall–Kier alpha value is -2.17. The third-order valence-corrected chi connectivity index (χ3v) is 4.40. The van der Waals surface area contributed by atoms with E-state index in [9.17, 15) is 9.90 Å². The Labute approximate surface area is 130 Å². The second kappa shape index (κ2) is 5.91. The first-order chi connectivity index (χ1) is 10.6. The highest BCUT2D eigenvalue weighted by Crippen LogP contribution is 2.38. The molecule has 2 aliphatic rings. The molecule has 0 saturated carbocycles. The summed E-state index contributed by atoms with van der Waals surface area (Å²) < 4.78 is 5.16. The summed E-state index contributed by atoms with van der Waals surface area (Å²) in [4.78, 5) is 14.1. The van der Waals surface area contributed by atoms with Gasteiger partial charge in [-0.15, -0.1) is 0 Å². The molecule has 0 bridgehead atoms. The molecule has 0 aliphatic carbocycles. The predicted molar refractivity (Wildman–Crippen MR) is 84.6 cm³/mol. The van der Waals surface area contributed by atoms with Crippen LogP contribution in [0.3, 0.4) is 0 Å². The molecule has 1 aromatic rings. The van der Waals surface area contributed by atoms with Gasteiger partial charge in [0.1, 0.15) is 17.6 Å². The average molecular weight is 302 g/mol. The molecule has 5 heteroatoms. The molecule has 2 N–H and O–H groups in total. The van der Waals surface area contributed by atoms with Crippen LogP contribution >= 0.6 is 0 Å². The molecule has 1 aromatic carbocycles. The molecule has 1 atom stereocenters. The predicted octanol–water partition coefficient (Wildman–Crippen LogP) is 2.30. The number of fused-ring (bicyclic) bond motifs is 1. The molecular formula is C17H22N2O3. The van der Waals surface area contributed by atoms with Gasteiger partial charge in [0, 0.05) is 24.7 Å². The Morgan fingerprint density at radius 3 is 3.09 bits per heavy atom. The minimum absolute atomic E-state index is 0.189. The van der Waals surface area contributed by atoms with Gasteiger partial charge in [0.25, 0.3) is 0 Å². The van der Waals surface area contributed by atoms with E-state index in [1.165, 1.54) is 5.57 Å². The number of esters is 1. The molecule has 2 aliphatic heterocycles. The van der Waals surface area contributed by atoms with Crippen molar-refractivity contribution in [3.05, 3.63) is 35.2 Å². The van der Waals surface area contributed by atoms with Crippen molar-refractivity contribution in [3.63, 3.8) is 0 Å². The van der Waals surface area contributed by atoms with Crippen LogP contribution in [-0.4, -0.2) is 30.8 Å². The Balaban J connectivity index is 1.91. The van der Waals surface area contributed by atoms with Crippen molar-refractivity contribution in [2.75, 3.05) is 18.6 Å². The van der Waals surface area contributed by atoms with Gasteiger partial charge >= 0.3 is 5.97 Å². The molecule has 0 spiro atoms. The summed E-state index contributed by atoms with van der Waals surface area (Å²) in [6.07, 6.45) is 3.36. The maximum Gasteiger partial charge on any atom is 0.328 e. The molecule has 3 rings (SSSR count). The lowest BCUT2D eigenvalue weighted by Crippen LogP contribution is -2.42. The van der Waals surface area contributed by atoms with E-state index < -0.39 is 0 Å². The van der Waals surface area contributed by atoms with E-state index in [-0.39, 0.29) is 12.0 Å². The highest BCUT2D eigenvalue weighted by molar-refractivity contribution is 5.77. The van der Waals surface area contributed by atoms with Crippen LogP contribution in [0.4, 0.5) is 5.69 Å². The number of carbonyl (C=O) groups is 1. The number of phenols is 1. The number of carbonyl (C=O) groups excluding carboxylic acids is 1. The van der Waals surface area contributed by atoms with Crippen molar-refractivity contribution >= 4 is 11.7 Å². The fraction of sp³-hybridized carbons (Fsp3) is 0.471. The van der Waals surface area contributed by atoms with E-state index >= 15 is 0 Å². The van der Waals surface area contributed by atoms with Crippen molar-refractivity contribution in [2.24, 2.45) is 0 Å². The number of phenolic OH excluding ortho intramolecular Hbond substituents is 1. The van der Waals surface area contributed by atoms with Crippen LogP contribution < -0.4 is 10.2 Å². The normalized spacial score (nSPS) is 20.6. The third kappa shape index (κ3) is 2.51. The van der Waals surface area contributed by atoms with Crippen LogP contribution in [0, 0.1) is 0 Å². The number of anilines is 1. The number of aromatic hydroxyl groups is 1. The van der Waals surface area contributed by atoms with Gasteiger partial charge < -0.3 is 20.1 Å². The van der Waals surface area contributed by atoms with E-state index in [0.29, 0.717) is 12.4 Å². The van der Waals surface area contributed by atoms with E-state index in [0.717, 1.165) is 42.8 Å². The van der Waals surface area contributed by atoms with Gasteiger partial charge in [0.05, 0.1) is 6.61 Å². The van der Waals surface area contributed by atoms with Crippen molar-refractivity contribution < 1.29 is 14.6 Å². The second-order valence-electron chi connectivity index (χ2n) is 5.80. The van der Waals surface area contributed by atoms with Crippen LogP contribution in [0.2, 0.25) is 0 Å². The zero-order valence-electron chi connectivity index (χ0n) is 13.1. The number of rotatable bonds is 2. The Morgan fingerprint density at radius 1 is 1.50 bits per heavy atom. The summed E-state index contributed by atoms with van der Waals surface area (Å²) in [7, 11) is 1.97. The van der Waals surface area contributed by atoms with Gasteiger partial charge in [-0.1, -0.05) is 6.07 Å². The summed E-state index contributed by atoms with van der Waals surface area (Å²) >= 11 is 0. The van der Waals surface area contributed by atoms with Gasteiger partial charge in [-0.2, -0.15) is 0 Å². The van der Waals surface area contributed by atoms with E-state index in [2.05, 4.69) is 5.32 Å². The lowest BCUT2D eigenvalue weighted by atomic mass is 9.95. The quantitative estimate of drug-likeness (QED) is 0.821. The van der Waals surface area contributed by atoms with Gasteiger partial charge in [-0.25, -0.2) is 4.79 Å². The lowest BCUT2D eigenvalue weighted by molar-refractivity contribution is -0.145. The number of nitrogens with zero attached hydrogens (tertiary/aromatic N) is 1. The Morgan fingerprint density at radius 2 is 2.32 bits per heavy atom. The first kappa shape index (κ1) is 14.8. The number of hydrogen-bond donors (Lipinski definition) is 2. The van der Waals surface area contributed by atoms with Crippen molar-refractivity contribution in [3.8, 4) is 5.75 Å². The standard InChI is InChI=1S/C17H22N2O3/c1-3-22-17(21)13-7-4-6-11-10-12-14(8-5-9-15(12)20)19(2)16(11)18-13/h5,8-9,13,18,20H,3-4,6-7,10H2,1-2H3. The highest BCUT2D eigenvalue weighted by atomic mass is 16.5. The zero-order chi connectivity index (χ0) is 15.7. The Kier molecular flexibility index (Phi) is 3.96. The summed E-state index contributed by atoms with van der Waals surface area (Å²) in [5.74, 6) is 1.13. The molecule has 5 nitrogen and oxygen atoms in total. The van der Waals surface area contributed by atoms with Gasteiger partial charge in [0.15, 0.2) is 0 Å². The van der Waals surface area contributed by atoms with Gasteiger partial charge in [-0.05, 0) is 43.9 Å². The molecule has 0 aromatic heterocycles. The lowest BCUT2D eigenvalue weighted by Gasteiger charge is -2.33. The molecule has 1 unspecified atom stereocenters. The fourth-order valence-corrected chi connectivity index (χ4v) is 3.29. The van der Waals surface area contributed by atoms with Crippen LogP contribution in [0.25, 0.3) is 0 Å². The summed E-state index contributed by atoms with van der Waals surface area (Å²) in [5, 5.41) is 13.5. The van der Waals surface area contributed by atoms with Crippen LogP contribution in [0.1, 0.15) is 31.7 Å². The number of nitrogens with one attached hydrogen (secondary N) is 1. The van der Waals surface area contributed by atoms with Gasteiger partial charge in [-0.3, -0.25) is 0 Å². The molecule has 22 heavy (non-hydrogen) atoms. The minimum Gasteiger partial charge on any atom is -0.508 e. The van der Waals surface area contributed by atoms with Crippen molar-refractivity contribution in [1.29, 1.82) is 0 Å². The first-order valence-corrected chi connectivity index (χ1v) is 7.81. The van der Waals surface area contributed by atoms with E-state index in [1.54, 1.807) is 6.07 Å². The molecular weight excluding hydrogens is 280 g/mol. The van der Waals surface area contributed by atoms with Gasteiger partial charge in [0.2, 0.25) is 0 Å². The first-order valence-electron chi connectivity index (χ1n) is 7.81. The molecule has 0 fully saturated rings. The fourth-order valence-electron chi connectivity index (χ4n) is 3.29. The molecule has 2 heterocycles. The molecule has 0 saturated heterocycles. The summed E-state index contributed by atoms with van der Waals surface area (Å²) in [6, 6.07) is 5.26. The zero-order valence-corrected chi connectivity index (χ0v) is 13.1. The third-order valence-electron chi connectivity index (χ3n) is 4.40. The molecule has 0 amide bonds. The smallest absolute Gasteiger partial charge is 0.328 e. The highest BCUT2D eigenvalue weighted by Gasteiger charge is 2.31.